The van der Waals surface area contributed by atoms with Gasteiger partial charge in [-0.05, 0) is 25.0 Å². The number of imide groups is 1. The summed E-state index contributed by atoms with van der Waals surface area (Å²) in [6, 6.07) is 1.10. The minimum absolute atomic E-state index is 0.243. The van der Waals surface area contributed by atoms with Crippen LogP contribution in [0.3, 0.4) is 0 Å². The SMILES string of the molecule is C=CCNC(=O)NC(=O)COC(=O)c1cc(CC)c(C)s1. The van der Waals surface area contributed by atoms with Gasteiger partial charge in [0.1, 0.15) is 4.88 Å². The highest BCUT2D eigenvalue weighted by Gasteiger charge is 2.15. The van der Waals surface area contributed by atoms with Crippen LogP contribution in [0.25, 0.3) is 0 Å². The first-order valence-electron chi connectivity index (χ1n) is 6.43. The number of ether oxygens (including phenoxy) is 1. The zero-order chi connectivity index (χ0) is 15.8. The maximum absolute atomic E-state index is 11.8. The molecule has 0 fully saturated rings. The Kier molecular flexibility index (Phi) is 6.61. The Morgan fingerprint density at radius 2 is 2.14 bits per heavy atom. The molecule has 0 saturated heterocycles. The molecule has 0 aromatic carbocycles. The molecule has 6 nitrogen and oxygen atoms in total. The molecule has 0 aliphatic carbocycles. The third-order valence-corrected chi connectivity index (χ3v) is 3.67. The number of carbonyl (C=O) groups is 3. The van der Waals surface area contributed by atoms with Crippen molar-refractivity contribution in [3.8, 4) is 0 Å². The largest absolute Gasteiger partial charge is 0.451 e. The van der Waals surface area contributed by atoms with E-state index in [2.05, 4.69) is 11.9 Å². The Morgan fingerprint density at radius 1 is 1.43 bits per heavy atom. The number of nitrogens with one attached hydrogen (secondary N) is 2. The predicted molar refractivity (Wildman–Crippen MR) is 80.5 cm³/mol. The number of amides is 3. The van der Waals surface area contributed by atoms with Crippen molar-refractivity contribution in [2.75, 3.05) is 13.2 Å². The number of aryl methyl sites for hydroxylation is 2. The lowest BCUT2D eigenvalue weighted by molar-refractivity contribution is -0.123. The molecule has 1 aromatic heterocycles. The Morgan fingerprint density at radius 3 is 2.71 bits per heavy atom. The average Bonchev–Trinajstić information content (AvgIpc) is 2.83. The van der Waals surface area contributed by atoms with E-state index < -0.39 is 24.5 Å². The van der Waals surface area contributed by atoms with Crippen LogP contribution in [-0.2, 0) is 16.0 Å². The molecule has 0 spiro atoms. The topological polar surface area (TPSA) is 84.5 Å². The van der Waals surface area contributed by atoms with Crippen LogP contribution < -0.4 is 10.6 Å². The zero-order valence-electron chi connectivity index (χ0n) is 12.0. The number of hydrogen-bond donors (Lipinski definition) is 2. The van der Waals surface area contributed by atoms with Gasteiger partial charge in [0, 0.05) is 11.4 Å². The van der Waals surface area contributed by atoms with E-state index in [0.717, 1.165) is 16.9 Å². The minimum Gasteiger partial charge on any atom is -0.451 e. The summed E-state index contributed by atoms with van der Waals surface area (Å²) in [6.07, 6.45) is 2.31. The van der Waals surface area contributed by atoms with Gasteiger partial charge < -0.3 is 10.1 Å². The van der Waals surface area contributed by atoms with Gasteiger partial charge in [0.15, 0.2) is 6.61 Å². The molecule has 0 aliphatic rings. The highest BCUT2D eigenvalue weighted by Crippen LogP contribution is 2.22. The number of thiophene rings is 1. The van der Waals surface area contributed by atoms with Gasteiger partial charge in [-0.3, -0.25) is 10.1 Å². The molecule has 1 heterocycles. The van der Waals surface area contributed by atoms with Gasteiger partial charge in [-0.25, -0.2) is 9.59 Å². The quantitative estimate of drug-likeness (QED) is 0.619. The maximum Gasteiger partial charge on any atom is 0.348 e. The van der Waals surface area contributed by atoms with Crippen LogP contribution >= 0.6 is 11.3 Å². The fourth-order valence-corrected chi connectivity index (χ4v) is 2.55. The lowest BCUT2D eigenvalue weighted by Crippen LogP contribution is -2.41. The van der Waals surface area contributed by atoms with Crippen LogP contribution in [-0.4, -0.2) is 31.1 Å². The van der Waals surface area contributed by atoms with Crippen LogP contribution in [0.1, 0.15) is 27.0 Å². The van der Waals surface area contributed by atoms with E-state index in [1.54, 1.807) is 6.07 Å². The van der Waals surface area contributed by atoms with Crippen LogP contribution in [0.15, 0.2) is 18.7 Å². The molecule has 0 saturated carbocycles. The van der Waals surface area contributed by atoms with E-state index in [0.29, 0.717) is 4.88 Å². The lowest BCUT2D eigenvalue weighted by atomic mass is 10.2. The summed E-state index contributed by atoms with van der Waals surface area (Å²) in [6.45, 7) is 7.09. The van der Waals surface area contributed by atoms with Gasteiger partial charge in [0.2, 0.25) is 0 Å². The molecule has 0 radical (unpaired) electrons. The van der Waals surface area contributed by atoms with Gasteiger partial charge >= 0.3 is 12.0 Å². The molecule has 114 valence electrons. The molecular weight excluding hydrogens is 292 g/mol. The molecule has 1 aromatic rings. The first kappa shape index (κ1) is 16.9. The second-order valence-corrected chi connectivity index (χ2v) is 5.42. The Hall–Kier alpha value is -2.15. The molecule has 2 N–H and O–H groups in total. The second-order valence-electron chi connectivity index (χ2n) is 4.17. The zero-order valence-corrected chi connectivity index (χ0v) is 12.8. The van der Waals surface area contributed by atoms with Crippen molar-refractivity contribution >= 4 is 29.2 Å². The molecular formula is C14H18N2O4S. The third kappa shape index (κ3) is 5.39. The predicted octanol–water partition coefficient (Wildman–Crippen LogP) is 1.79. The van der Waals surface area contributed by atoms with Gasteiger partial charge in [-0.2, -0.15) is 0 Å². The number of esters is 1. The summed E-state index contributed by atoms with van der Waals surface area (Å²) < 4.78 is 4.87. The van der Waals surface area contributed by atoms with Gasteiger partial charge in [-0.1, -0.05) is 13.0 Å². The van der Waals surface area contributed by atoms with Crippen molar-refractivity contribution in [3.05, 3.63) is 34.0 Å². The number of urea groups is 1. The van der Waals surface area contributed by atoms with Crippen molar-refractivity contribution in [2.24, 2.45) is 0 Å². The van der Waals surface area contributed by atoms with Gasteiger partial charge in [0.05, 0.1) is 0 Å². The normalized spacial score (nSPS) is 9.81. The number of carbonyl (C=O) groups excluding carboxylic acids is 3. The maximum atomic E-state index is 11.8. The summed E-state index contributed by atoms with van der Waals surface area (Å²) in [5.41, 5.74) is 1.08. The summed E-state index contributed by atoms with van der Waals surface area (Å²) >= 11 is 1.33. The van der Waals surface area contributed by atoms with E-state index in [9.17, 15) is 14.4 Å². The van der Waals surface area contributed by atoms with E-state index in [1.807, 2.05) is 19.2 Å². The van der Waals surface area contributed by atoms with E-state index in [4.69, 9.17) is 4.74 Å². The standard InChI is InChI=1S/C14H18N2O4S/c1-4-6-15-14(19)16-12(17)8-20-13(18)11-7-10(5-2)9(3)21-11/h4,7H,1,5-6,8H2,2-3H3,(H2,15,16,17,19). The fraction of sp³-hybridized carbons (Fsp3) is 0.357. The Bertz CT molecular complexity index is 551. The summed E-state index contributed by atoms with van der Waals surface area (Å²) in [7, 11) is 0. The summed E-state index contributed by atoms with van der Waals surface area (Å²) in [4.78, 5) is 35.9. The molecule has 0 atom stereocenters. The molecule has 7 heteroatoms. The molecule has 21 heavy (non-hydrogen) atoms. The van der Waals surface area contributed by atoms with Crippen molar-refractivity contribution < 1.29 is 19.1 Å². The molecule has 0 aliphatic heterocycles. The summed E-state index contributed by atoms with van der Waals surface area (Å²) in [5.74, 6) is -1.25. The smallest absolute Gasteiger partial charge is 0.348 e. The van der Waals surface area contributed by atoms with Crippen molar-refractivity contribution in [2.45, 2.75) is 20.3 Å². The second kappa shape index (κ2) is 8.21. The number of rotatable bonds is 6. The van der Waals surface area contributed by atoms with Crippen LogP contribution in [0.2, 0.25) is 0 Å². The highest BCUT2D eigenvalue weighted by molar-refractivity contribution is 7.14. The third-order valence-electron chi connectivity index (χ3n) is 2.60. The van der Waals surface area contributed by atoms with E-state index >= 15 is 0 Å². The monoisotopic (exact) mass is 310 g/mol. The van der Waals surface area contributed by atoms with Crippen molar-refractivity contribution in [1.82, 2.24) is 10.6 Å². The summed E-state index contributed by atoms with van der Waals surface area (Å²) in [5, 5.41) is 4.41. The van der Waals surface area contributed by atoms with Crippen LogP contribution in [0.4, 0.5) is 4.79 Å². The molecule has 3 amide bonds. The van der Waals surface area contributed by atoms with Crippen LogP contribution in [0, 0.1) is 6.92 Å². The average molecular weight is 310 g/mol. The fourth-order valence-electron chi connectivity index (χ4n) is 1.55. The van der Waals surface area contributed by atoms with Crippen molar-refractivity contribution in [3.63, 3.8) is 0 Å². The van der Waals surface area contributed by atoms with E-state index in [-0.39, 0.29) is 6.54 Å². The van der Waals surface area contributed by atoms with Crippen molar-refractivity contribution in [1.29, 1.82) is 0 Å². The Labute approximate surface area is 127 Å². The minimum atomic E-state index is -0.686. The van der Waals surface area contributed by atoms with Crippen LogP contribution in [0.5, 0.6) is 0 Å². The van der Waals surface area contributed by atoms with Gasteiger partial charge in [-0.15, -0.1) is 17.9 Å². The van der Waals surface area contributed by atoms with E-state index in [1.165, 1.54) is 17.4 Å². The highest BCUT2D eigenvalue weighted by atomic mass is 32.1. The first-order valence-corrected chi connectivity index (χ1v) is 7.24. The lowest BCUT2D eigenvalue weighted by Gasteiger charge is -2.05. The number of hydrogen-bond acceptors (Lipinski definition) is 5. The Balaban J connectivity index is 2.43. The molecule has 1 rings (SSSR count). The van der Waals surface area contributed by atoms with Gasteiger partial charge in [0.25, 0.3) is 5.91 Å². The first-order chi connectivity index (χ1) is 9.97. The molecule has 0 bridgehead atoms. The molecule has 0 unspecified atom stereocenters.